The summed E-state index contributed by atoms with van der Waals surface area (Å²) < 4.78 is 10.7. The number of ether oxygens (including phenoxy) is 2. The van der Waals surface area contributed by atoms with Crippen molar-refractivity contribution in [1.29, 1.82) is 0 Å². The van der Waals surface area contributed by atoms with Crippen LogP contribution in [0.5, 0.6) is 5.75 Å². The number of carbonyl (C=O) groups excluding carboxylic acids is 3. The van der Waals surface area contributed by atoms with E-state index in [1.165, 1.54) is 40.9 Å². The molecule has 1 fully saturated rings. The SMILES string of the molecule is O=C(COc1ccccc1)NC1C(=O)N2C(C(=O)OCc3ccc([N+](=O)[O-])cc3)=CCS[C@H]12. The van der Waals surface area contributed by atoms with Crippen LogP contribution in [0.4, 0.5) is 5.69 Å². The number of hydrogen-bond acceptors (Lipinski definition) is 8. The van der Waals surface area contributed by atoms with Crippen molar-refractivity contribution in [2.24, 2.45) is 0 Å². The van der Waals surface area contributed by atoms with Gasteiger partial charge < -0.3 is 14.8 Å². The highest BCUT2D eigenvalue weighted by atomic mass is 32.2. The number of amides is 2. The maximum atomic E-state index is 12.6. The molecule has 0 spiro atoms. The standard InChI is InChI=1S/C22H19N3O7S/c26-18(13-31-16-4-2-1-3-5-16)23-19-20(27)24-17(10-11-33-21(19)24)22(28)32-12-14-6-8-15(9-7-14)25(29)30/h1-10,19,21H,11-13H2,(H,23,26)/t19?,21-/m1/s1. The molecule has 2 heterocycles. The number of carbonyl (C=O) groups is 3. The molecule has 2 aromatic carbocycles. The lowest BCUT2D eigenvalue weighted by Gasteiger charge is -2.48. The molecule has 33 heavy (non-hydrogen) atoms. The van der Waals surface area contributed by atoms with Crippen molar-refractivity contribution in [3.8, 4) is 5.75 Å². The van der Waals surface area contributed by atoms with E-state index in [1.54, 1.807) is 30.3 Å². The van der Waals surface area contributed by atoms with Gasteiger partial charge in [-0.05, 0) is 35.9 Å². The van der Waals surface area contributed by atoms with Crippen LogP contribution in [-0.4, -0.2) is 51.4 Å². The van der Waals surface area contributed by atoms with Gasteiger partial charge in [0.1, 0.15) is 29.5 Å². The minimum atomic E-state index is -0.756. The Morgan fingerprint density at radius 1 is 1.15 bits per heavy atom. The maximum Gasteiger partial charge on any atom is 0.355 e. The van der Waals surface area contributed by atoms with Crippen molar-refractivity contribution in [1.82, 2.24) is 10.2 Å². The van der Waals surface area contributed by atoms with Crippen molar-refractivity contribution in [2.45, 2.75) is 18.0 Å². The Kier molecular flexibility index (Phi) is 6.59. The predicted molar refractivity (Wildman–Crippen MR) is 118 cm³/mol. The van der Waals surface area contributed by atoms with Crippen LogP contribution in [0.3, 0.4) is 0 Å². The molecule has 10 nitrogen and oxygen atoms in total. The van der Waals surface area contributed by atoms with Crippen molar-refractivity contribution >= 4 is 35.2 Å². The summed E-state index contributed by atoms with van der Waals surface area (Å²) in [7, 11) is 0. The molecular formula is C22H19N3O7S. The molecule has 1 unspecified atom stereocenters. The van der Waals surface area contributed by atoms with E-state index < -0.39 is 34.1 Å². The van der Waals surface area contributed by atoms with Gasteiger partial charge in [-0.1, -0.05) is 18.2 Å². The number of fused-ring (bicyclic) bond motifs is 1. The summed E-state index contributed by atoms with van der Waals surface area (Å²) in [5, 5.41) is 13.0. The number of nitro benzene ring substituents is 1. The lowest BCUT2D eigenvalue weighted by Crippen LogP contribution is -2.70. The zero-order valence-corrected chi connectivity index (χ0v) is 18.0. The summed E-state index contributed by atoms with van der Waals surface area (Å²) in [6.07, 6.45) is 1.60. The van der Waals surface area contributed by atoms with Gasteiger partial charge in [-0.3, -0.25) is 24.6 Å². The Morgan fingerprint density at radius 2 is 1.88 bits per heavy atom. The molecule has 4 rings (SSSR count). The number of hydrogen-bond donors (Lipinski definition) is 1. The number of nitrogens with one attached hydrogen (secondary N) is 1. The fraction of sp³-hybridized carbons (Fsp3) is 0.227. The Bertz CT molecular complexity index is 1100. The Morgan fingerprint density at radius 3 is 2.58 bits per heavy atom. The molecule has 1 N–H and O–H groups in total. The molecule has 2 atom stereocenters. The van der Waals surface area contributed by atoms with E-state index in [2.05, 4.69) is 5.32 Å². The molecule has 0 saturated carbocycles. The van der Waals surface area contributed by atoms with E-state index in [0.717, 1.165) is 0 Å². The van der Waals surface area contributed by atoms with E-state index in [0.29, 0.717) is 17.1 Å². The molecule has 0 aliphatic carbocycles. The average Bonchev–Trinajstić information content (AvgIpc) is 2.84. The molecule has 170 valence electrons. The lowest BCUT2D eigenvalue weighted by atomic mass is 10.1. The molecule has 2 aliphatic rings. The number of esters is 1. The quantitative estimate of drug-likeness (QED) is 0.269. The number of nitro groups is 1. The van der Waals surface area contributed by atoms with E-state index in [4.69, 9.17) is 9.47 Å². The van der Waals surface area contributed by atoms with Crippen LogP contribution in [0.1, 0.15) is 5.56 Å². The van der Waals surface area contributed by atoms with Crippen LogP contribution in [0, 0.1) is 10.1 Å². The number of thioether (sulfide) groups is 1. The van der Waals surface area contributed by atoms with E-state index in [1.807, 2.05) is 6.07 Å². The van der Waals surface area contributed by atoms with Crippen molar-refractivity contribution < 1.29 is 28.8 Å². The third-order valence-corrected chi connectivity index (χ3v) is 6.19. The number of para-hydroxylation sites is 1. The minimum Gasteiger partial charge on any atom is -0.484 e. The van der Waals surface area contributed by atoms with Crippen LogP contribution in [0.2, 0.25) is 0 Å². The Labute approximate surface area is 192 Å². The second-order valence-corrected chi connectivity index (χ2v) is 8.32. The predicted octanol–water partition coefficient (Wildman–Crippen LogP) is 2.00. The molecule has 2 amide bonds. The molecule has 2 aromatic rings. The molecular weight excluding hydrogens is 450 g/mol. The smallest absolute Gasteiger partial charge is 0.355 e. The number of non-ortho nitro benzene ring substituents is 1. The molecule has 0 aromatic heterocycles. The van der Waals surface area contributed by atoms with Gasteiger partial charge in [-0.2, -0.15) is 0 Å². The molecule has 0 bridgehead atoms. The normalized spacial score (nSPS) is 19.0. The molecule has 0 radical (unpaired) electrons. The first kappa shape index (κ1) is 22.3. The van der Waals surface area contributed by atoms with E-state index in [9.17, 15) is 24.5 Å². The zero-order chi connectivity index (χ0) is 23.4. The van der Waals surface area contributed by atoms with Crippen LogP contribution in [-0.2, 0) is 25.7 Å². The van der Waals surface area contributed by atoms with Gasteiger partial charge in [0.15, 0.2) is 6.61 Å². The average molecular weight is 469 g/mol. The Balaban J connectivity index is 1.29. The monoisotopic (exact) mass is 469 g/mol. The third kappa shape index (κ3) is 4.98. The first-order valence-corrected chi connectivity index (χ1v) is 11.0. The van der Waals surface area contributed by atoms with Crippen LogP contribution >= 0.6 is 11.8 Å². The number of rotatable bonds is 8. The van der Waals surface area contributed by atoms with Gasteiger partial charge >= 0.3 is 5.97 Å². The molecule has 11 heteroatoms. The lowest BCUT2D eigenvalue weighted by molar-refractivity contribution is -0.384. The minimum absolute atomic E-state index is 0.0617. The van der Waals surface area contributed by atoms with Gasteiger partial charge in [0.2, 0.25) is 0 Å². The fourth-order valence-corrected chi connectivity index (χ4v) is 4.54. The van der Waals surface area contributed by atoms with Gasteiger partial charge in [0.25, 0.3) is 17.5 Å². The van der Waals surface area contributed by atoms with Gasteiger partial charge in [0, 0.05) is 17.9 Å². The summed E-state index contributed by atoms with van der Waals surface area (Å²) in [5.74, 6) is -0.497. The maximum absolute atomic E-state index is 12.6. The van der Waals surface area contributed by atoms with Crippen LogP contribution in [0.15, 0.2) is 66.4 Å². The van der Waals surface area contributed by atoms with Crippen molar-refractivity contribution in [2.75, 3.05) is 12.4 Å². The summed E-state index contributed by atoms with van der Waals surface area (Å²) >= 11 is 1.42. The van der Waals surface area contributed by atoms with E-state index in [-0.39, 0.29) is 24.6 Å². The number of nitrogens with zero attached hydrogens (tertiary/aromatic N) is 2. The highest BCUT2D eigenvalue weighted by Crippen LogP contribution is 2.37. The van der Waals surface area contributed by atoms with Crippen molar-refractivity contribution in [3.63, 3.8) is 0 Å². The summed E-state index contributed by atoms with van der Waals surface area (Å²) in [6.45, 7) is -0.323. The molecule has 2 aliphatic heterocycles. The largest absolute Gasteiger partial charge is 0.484 e. The summed E-state index contributed by atoms with van der Waals surface area (Å²) in [4.78, 5) is 48.9. The van der Waals surface area contributed by atoms with Gasteiger partial charge in [-0.25, -0.2) is 4.79 Å². The number of benzene rings is 2. The highest BCUT2D eigenvalue weighted by Gasteiger charge is 2.53. The van der Waals surface area contributed by atoms with Crippen molar-refractivity contribution in [3.05, 3.63) is 82.0 Å². The Hall–Kier alpha value is -3.86. The second kappa shape index (κ2) is 9.74. The first-order chi connectivity index (χ1) is 15.9. The summed E-state index contributed by atoms with van der Waals surface area (Å²) in [5.41, 5.74) is 0.639. The fourth-order valence-electron chi connectivity index (χ4n) is 3.35. The second-order valence-electron chi connectivity index (χ2n) is 7.17. The highest BCUT2D eigenvalue weighted by molar-refractivity contribution is 8.00. The summed E-state index contributed by atoms with van der Waals surface area (Å²) in [6, 6.07) is 13.7. The van der Waals surface area contributed by atoms with Gasteiger partial charge in [0.05, 0.1) is 4.92 Å². The first-order valence-electron chi connectivity index (χ1n) is 9.96. The zero-order valence-electron chi connectivity index (χ0n) is 17.2. The topological polar surface area (TPSA) is 128 Å². The van der Waals surface area contributed by atoms with E-state index >= 15 is 0 Å². The van der Waals surface area contributed by atoms with Gasteiger partial charge in [-0.15, -0.1) is 11.8 Å². The number of β-lactam (4-membered cyclic amide) rings is 1. The van der Waals surface area contributed by atoms with Crippen LogP contribution in [0.25, 0.3) is 0 Å². The third-order valence-electron chi connectivity index (χ3n) is 5.00. The molecule has 1 saturated heterocycles. The van der Waals surface area contributed by atoms with Crippen LogP contribution < -0.4 is 10.1 Å².